The van der Waals surface area contributed by atoms with Gasteiger partial charge in [-0.15, -0.1) is 46.4 Å². The smallest absolute Gasteiger partial charge is 0.100 e. The van der Waals surface area contributed by atoms with Crippen molar-refractivity contribution >= 4 is 46.4 Å². The lowest BCUT2D eigenvalue weighted by Gasteiger charge is -2.60. The van der Waals surface area contributed by atoms with Gasteiger partial charge >= 0.3 is 0 Å². The van der Waals surface area contributed by atoms with Gasteiger partial charge in [0.2, 0.25) is 0 Å². The minimum absolute atomic E-state index is 0.178. The van der Waals surface area contributed by atoms with Crippen molar-refractivity contribution in [1.29, 1.82) is 0 Å². The van der Waals surface area contributed by atoms with Gasteiger partial charge < -0.3 is 0 Å². The summed E-state index contributed by atoms with van der Waals surface area (Å²) in [6.45, 7) is 0. The molecule has 3 aliphatic carbocycles. The van der Waals surface area contributed by atoms with E-state index in [-0.39, 0.29) is 10.8 Å². The third-order valence-electron chi connectivity index (χ3n) is 3.90. The number of alkyl halides is 4. The van der Waals surface area contributed by atoms with Gasteiger partial charge in [0.05, 0.1) is 0 Å². The van der Waals surface area contributed by atoms with Crippen LogP contribution in [0.5, 0.6) is 0 Å². The molecule has 3 saturated carbocycles. The minimum Gasteiger partial charge on any atom is -0.100 e. The summed E-state index contributed by atoms with van der Waals surface area (Å²) in [5, 5.41) is 0. The van der Waals surface area contributed by atoms with Gasteiger partial charge in [-0.25, -0.2) is 0 Å². The van der Waals surface area contributed by atoms with Crippen molar-refractivity contribution in [3.05, 3.63) is 0 Å². The Morgan fingerprint density at radius 1 is 0.583 bits per heavy atom. The average molecular weight is 246 g/mol. The molecule has 0 atom stereocenters. The molecule has 0 amide bonds. The lowest BCUT2D eigenvalue weighted by atomic mass is 9.66. The second kappa shape index (κ2) is 1.78. The Morgan fingerprint density at radius 3 is 1.00 bits per heavy atom. The third-order valence-corrected chi connectivity index (χ3v) is 6.80. The Bertz CT molecular complexity index is 212. The van der Waals surface area contributed by atoms with Crippen LogP contribution >= 0.6 is 46.4 Å². The predicted molar refractivity (Wildman–Crippen MR) is 52.2 cm³/mol. The molecule has 0 N–H and O–H groups in total. The highest BCUT2D eigenvalue weighted by atomic mass is 35.5. The summed E-state index contributed by atoms with van der Waals surface area (Å²) in [5.41, 5.74) is -0.356. The van der Waals surface area contributed by atoms with Gasteiger partial charge in [-0.3, -0.25) is 0 Å². The molecular formula is C8H8Cl4. The summed E-state index contributed by atoms with van der Waals surface area (Å²) in [5.74, 6) is 0. The van der Waals surface area contributed by atoms with E-state index in [9.17, 15) is 0 Å². The molecule has 0 aliphatic heterocycles. The van der Waals surface area contributed by atoms with E-state index < -0.39 is 8.67 Å². The topological polar surface area (TPSA) is 0 Å². The predicted octanol–water partition coefficient (Wildman–Crippen LogP) is 3.91. The Balaban J connectivity index is 2.09. The molecule has 3 aliphatic rings. The highest BCUT2D eigenvalue weighted by Gasteiger charge is 2.93. The highest BCUT2D eigenvalue weighted by Crippen LogP contribution is 2.93. The summed E-state index contributed by atoms with van der Waals surface area (Å²) in [4.78, 5) is 0. The molecule has 2 spiro atoms. The first-order valence-corrected chi connectivity index (χ1v) is 5.68. The van der Waals surface area contributed by atoms with Crippen molar-refractivity contribution in [1.82, 2.24) is 0 Å². The van der Waals surface area contributed by atoms with Crippen molar-refractivity contribution < 1.29 is 0 Å². The Kier molecular flexibility index (Phi) is 1.26. The minimum atomic E-state index is -0.649. The highest BCUT2D eigenvalue weighted by molar-refractivity contribution is 6.59. The zero-order valence-corrected chi connectivity index (χ0v) is 9.36. The summed E-state index contributed by atoms with van der Waals surface area (Å²) in [7, 11) is 0. The van der Waals surface area contributed by atoms with E-state index in [1.54, 1.807) is 0 Å². The molecule has 68 valence electrons. The second-order valence-corrected chi connectivity index (χ2v) is 6.97. The van der Waals surface area contributed by atoms with Crippen LogP contribution in [-0.4, -0.2) is 8.67 Å². The SMILES string of the molecule is ClC1(Cl)C2(CC2)C(Cl)(Cl)C12CC2. The number of hydrogen-bond donors (Lipinski definition) is 0. The van der Waals surface area contributed by atoms with E-state index in [0.29, 0.717) is 0 Å². The van der Waals surface area contributed by atoms with E-state index in [4.69, 9.17) is 46.4 Å². The van der Waals surface area contributed by atoms with Gasteiger partial charge in [-0.2, -0.15) is 0 Å². The standard InChI is InChI=1S/C8H8Cl4/c9-7(10)5(1-2-5)8(11,12)6(7)3-4-6/h1-4H2. The monoisotopic (exact) mass is 244 g/mol. The molecule has 0 radical (unpaired) electrons. The molecule has 12 heavy (non-hydrogen) atoms. The molecule has 0 aromatic rings. The Labute approximate surface area is 91.5 Å². The number of halogens is 4. The number of rotatable bonds is 0. The molecule has 0 aromatic heterocycles. The first kappa shape index (κ1) is 8.47. The molecule has 4 heteroatoms. The quantitative estimate of drug-likeness (QED) is 0.568. The van der Waals surface area contributed by atoms with Gasteiger partial charge in [-0.1, -0.05) is 0 Å². The van der Waals surface area contributed by atoms with Crippen molar-refractivity contribution in [2.75, 3.05) is 0 Å². The zero-order valence-electron chi connectivity index (χ0n) is 6.34. The third kappa shape index (κ3) is 0.518. The summed E-state index contributed by atoms with van der Waals surface area (Å²) >= 11 is 25.2. The fourth-order valence-corrected chi connectivity index (χ4v) is 5.79. The van der Waals surface area contributed by atoms with E-state index >= 15 is 0 Å². The molecule has 3 fully saturated rings. The van der Waals surface area contributed by atoms with Gasteiger partial charge in [0.15, 0.2) is 0 Å². The van der Waals surface area contributed by atoms with Crippen LogP contribution in [0.4, 0.5) is 0 Å². The number of hydrogen-bond acceptors (Lipinski definition) is 0. The first-order valence-electron chi connectivity index (χ1n) is 4.17. The molecular weight excluding hydrogens is 238 g/mol. The van der Waals surface area contributed by atoms with Crippen molar-refractivity contribution in [3.63, 3.8) is 0 Å². The van der Waals surface area contributed by atoms with Crippen LogP contribution in [0.2, 0.25) is 0 Å². The van der Waals surface area contributed by atoms with Gasteiger partial charge in [0.25, 0.3) is 0 Å². The Hall–Kier alpha value is 1.16. The lowest BCUT2D eigenvalue weighted by Crippen LogP contribution is -2.67. The van der Waals surface area contributed by atoms with Crippen LogP contribution < -0.4 is 0 Å². The van der Waals surface area contributed by atoms with Crippen LogP contribution in [0.15, 0.2) is 0 Å². The van der Waals surface area contributed by atoms with E-state index in [1.807, 2.05) is 0 Å². The van der Waals surface area contributed by atoms with Crippen LogP contribution in [0.3, 0.4) is 0 Å². The fourth-order valence-electron chi connectivity index (χ4n) is 2.75. The second-order valence-electron chi connectivity index (χ2n) is 4.31. The maximum Gasteiger partial charge on any atom is 0.135 e. The van der Waals surface area contributed by atoms with Crippen LogP contribution in [0.1, 0.15) is 25.7 Å². The molecule has 0 bridgehead atoms. The van der Waals surface area contributed by atoms with Gasteiger partial charge in [-0.05, 0) is 25.7 Å². The molecule has 0 heterocycles. The van der Waals surface area contributed by atoms with Crippen molar-refractivity contribution in [3.8, 4) is 0 Å². The van der Waals surface area contributed by atoms with E-state index in [1.165, 1.54) is 0 Å². The van der Waals surface area contributed by atoms with Crippen molar-refractivity contribution in [2.45, 2.75) is 34.3 Å². The summed E-state index contributed by atoms with van der Waals surface area (Å²) in [6, 6.07) is 0. The van der Waals surface area contributed by atoms with Crippen molar-refractivity contribution in [2.24, 2.45) is 10.8 Å². The van der Waals surface area contributed by atoms with E-state index in [2.05, 4.69) is 0 Å². The molecule has 0 aromatic carbocycles. The average Bonchev–Trinajstić information content (AvgIpc) is 2.83. The first-order chi connectivity index (χ1) is 5.41. The fraction of sp³-hybridized carbons (Fsp3) is 1.00. The van der Waals surface area contributed by atoms with E-state index in [0.717, 1.165) is 25.7 Å². The molecule has 0 unspecified atom stereocenters. The van der Waals surface area contributed by atoms with Gasteiger partial charge in [0, 0.05) is 10.8 Å². The maximum atomic E-state index is 6.29. The molecule has 0 saturated heterocycles. The maximum absolute atomic E-state index is 6.29. The summed E-state index contributed by atoms with van der Waals surface area (Å²) in [6.07, 6.45) is 3.92. The van der Waals surface area contributed by atoms with Crippen LogP contribution in [0, 0.1) is 10.8 Å². The van der Waals surface area contributed by atoms with Crippen LogP contribution in [-0.2, 0) is 0 Å². The largest absolute Gasteiger partial charge is 0.135 e. The lowest BCUT2D eigenvalue weighted by molar-refractivity contribution is 0.0983. The normalized spacial score (nSPS) is 41.0. The summed E-state index contributed by atoms with van der Waals surface area (Å²) < 4.78 is -1.30. The van der Waals surface area contributed by atoms with Gasteiger partial charge in [0.1, 0.15) is 8.67 Å². The Morgan fingerprint density at radius 2 is 0.833 bits per heavy atom. The molecule has 3 rings (SSSR count). The zero-order chi connectivity index (χ0) is 8.83. The van der Waals surface area contributed by atoms with Crippen LogP contribution in [0.25, 0.3) is 0 Å². The molecule has 0 nitrogen and oxygen atoms in total.